The molecule has 9 heteroatoms. The number of rotatable bonds is 3. The van der Waals surface area contributed by atoms with E-state index in [1.54, 1.807) is 21.8 Å². The standard InChI is InChI=1S/C19H21FN6O2/c1-13(2)28-19(27)25-7-5-24(6-8-25)17-3-4-26-18(23-17)16(12-22-26)14-9-15(20)11-21-10-14/h3-4,9-13H,5-8H2,1-2H3. The van der Waals surface area contributed by atoms with Crippen LogP contribution in [0.1, 0.15) is 13.8 Å². The van der Waals surface area contributed by atoms with Gasteiger partial charge in [0.1, 0.15) is 11.6 Å². The quantitative estimate of drug-likeness (QED) is 0.691. The first-order valence-corrected chi connectivity index (χ1v) is 9.17. The average Bonchev–Trinajstić information content (AvgIpc) is 3.11. The zero-order chi connectivity index (χ0) is 19.7. The highest BCUT2D eigenvalue weighted by Gasteiger charge is 2.24. The molecule has 0 radical (unpaired) electrons. The number of amides is 1. The van der Waals surface area contributed by atoms with Crippen LogP contribution in [0.2, 0.25) is 0 Å². The monoisotopic (exact) mass is 384 g/mol. The summed E-state index contributed by atoms with van der Waals surface area (Å²) in [6.07, 6.45) is 5.82. The number of carbonyl (C=O) groups is 1. The normalized spacial score (nSPS) is 14.7. The summed E-state index contributed by atoms with van der Waals surface area (Å²) in [5, 5.41) is 4.29. The molecule has 0 atom stereocenters. The molecule has 0 spiro atoms. The van der Waals surface area contributed by atoms with Crippen molar-refractivity contribution in [1.29, 1.82) is 0 Å². The van der Waals surface area contributed by atoms with Gasteiger partial charge in [0.15, 0.2) is 5.65 Å². The molecule has 1 aliphatic heterocycles. The molecule has 8 nitrogen and oxygen atoms in total. The van der Waals surface area contributed by atoms with Gasteiger partial charge in [0.25, 0.3) is 0 Å². The number of pyridine rings is 1. The van der Waals surface area contributed by atoms with Crippen molar-refractivity contribution in [2.45, 2.75) is 20.0 Å². The molecular formula is C19H21FN6O2. The lowest BCUT2D eigenvalue weighted by molar-refractivity contribution is 0.0751. The number of hydrogen-bond donors (Lipinski definition) is 0. The molecule has 3 aromatic heterocycles. The van der Waals surface area contributed by atoms with Crippen LogP contribution in [0.4, 0.5) is 15.0 Å². The van der Waals surface area contributed by atoms with Crippen molar-refractivity contribution in [2.75, 3.05) is 31.1 Å². The van der Waals surface area contributed by atoms with E-state index in [4.69, 9.17) is 9.72 Å². The molecule has 0 aliphatic carbocycles. The number of piperazine rings is 1. The molecule has 28 heavy (non-hydrogen) atoms. The maximum Gasteiger partial charge on any atom is 0.410 e. The molecule has 0 bridgehead atoms. The van der Waals surface area contributed by atoms with Crippen LogP contribution in [0.25, 0.3) is 16.8 Å². The third-order valence-corrected chi connectivity index (χ3v) is 4.57. The fourth-order valence-electron chi connectivity index (χ4n) is 3.19. The van der Waals surface area contributed by atoms with E-state index in [2.05, 4.69) is 15.0 Å². The maximum absolute atomic E-state index is 13.5. The Bertz CT molecular complexity index is 997. The molecule has 4 rings (SSSR count). The lowest BCUT2D eigenvalue weighted by Crippen LogP contribution is -2.49. The van der Waals surface area contributed by atoms with E-state index in [0.717, 1.165) is 12.0 Å². The molecule has 4 heterocycles. The Labute approximate surface area is 161 Å². The first kappa shape index (κ1) is 18.1. The molecule has 1 aliphatic rings. The van der Waals surface area contributed by atoms with Crippen molar-refractivity contribution in [3.63, 3.8) is 0 Å². The molecule has 0 N–H and O–H groups in total. The molecule has 1 saturated heterocycles. The minimum Gasteiger partial charge on any atom is -0.447 e. The zero-order valence-electron chi connectivity index (χ0n) is 15.7. The highest BCUT2D eigenvalue weighted by Crippen LogP contribution is 2.25. The highest BCUT2D eigenvalue weighted by atomic mass is 19.1. The Hall–Kier alpha value is -3.23. The van der Waals surface area contributed by atoms with E-state index in [9.17, 15) is 9.18 Å². The van der Waals surface area contributed by atoms with E-state index in [0.29, 0.717) is 43.0 Å². The van der Waals surface area contributed by atoms with Crippen LogP contribution in [0, 0.1) is 5.82 Å². The number of halogens is 1. The Morgan fingerprint density at radius 1 is 1.18 bits per heavy atom. The van der Waals surface area contributed by atoms with E-state index in [1.807, 2.05) is 26.1 Å². The van der Waals surface area contributed by atoms with Gasteiger partial charge in [0.05, 0.1) is 18.5 Å². The first-order chi connectivity index (χ1) is 13.5. The first-order valence-electron chi connectivity index (χ1n) is 9.17. The van der Waals surface area contributed by atoms with Crippen LogP contribution in [-0.4, -0.2) is 62.9 Å². The second-order valence-corrected chi connectivity index (χ2v) is 6.91. The number of fused-ring (bicyclic) bond motifs is 1. The van der Waals surface area contributed by atoms with E-state index in [1.165, 1.54) is 6.07 Å². The van der Waals surface area contributed by atoms with E-state index in [-0.39, 0.29) is 12.2 Å². The topological polar surface area (TPSA) is 75.9 Å². The second-order valence-electron chi connectivity index (χ2n) is 6.91. The van der Waals surface area contributed by atoms with Crippen LogP contribution in [0.3, 0.4) is 0 Å². The summed E-state index contributed by atoms with van der Waals surface area (Å²) in [6.45, 7) is 6.12. The van der Waals surface area contributed by atoms with Crippen molar-refractivity contribution < 1.29 is 13.9 Å². The van der Waals surface area contributed by atoms with Crippen molar-refractivity contribution in [2.24, 2.45) is 0 Å². The number of anilines is 1. The predicted octanol–water partition coefficient (Wildman–Crippen LogP) is 2.60. The van der Waals surface area contributed by atoms with E-state index < -0.39 is 5.82 Å². The van der Waals surface area contributed by atoms with Crippen molar-refractivity contribution in [3.8, 4) is 11.1 Å². The summed E-state index contributed by atoms with van der Waals surface area (Å²) in [6, 6.07) is 3.30. The van der Waals surface area contributed by atoms with Crippen LogP contribution >= 0.6 is 0 Å². The van der Waals surface area contributed by atoms with Crippen molar-refractivity contribution >= 4 is 17.6 Å². The highest BCUT2D eigenvalue weighted by molar-refractivity contribution is 5.77. The SMILES string of the molecule is CC(C)OC(=O)N1CCN(c2ccn3ncc(-c4cncc(F)c4)c3n2)CC1. The molecule has 1 fully saturated rings. The number of carbonyl (C=O) groups excluding carboxylic acids is 1. The fraction of sp³-hybridized carbons (Fsp3) is 0.368. The van der Waals surface area contributed by atoms with Gasteiger partial charge in [-0.2, -0.15) is 5.10 Å². The van der Waals surface area contributed by atoms with Gasteiger partial charge in [-0.05, 0) is 26.0 Å². The Morgan fingerprint density at radius 3 is 2.68 bits per heavy atom. The summed E-state index contributed by atoms with van der Waals surface area (Å²) in [7, 11) is 0. The third-order valence-electron chi connectivity index (χ3n) is 4.57. The third kappa shape index (κ3) is 3.60. The number of ether oxygens (including phenoxy) is 1. The minimum absolute atomic E-state index is 0.132. The molecular weight excluding hydrogens is 363 g/mol. The van der Waals surface area contributed by atoms with Crippen LogP contribution in [0.5, 0.6) is 0 Å². The van der Waals surface area contributed by atoms with Crippen molar-refractivity contribution in [1.82, 2.24) is 24.5 Å². The van der Waals surface area contributed by atoms with Crippen LogP contribution in [-0.2, 0) is 4.74 Å². The van der Waals surface area contributed by atoms with Crippen molar-refractivity contribution in [3.05, 3.63) is 42.7 Å². The average molecular weight is 384 g/mol. The Morgan fingerprint density at radius 2 is 1.96 bits per heavy atom. The Kier molecular flexibility index (Phi) is 4.81. The molecule has 1 amide bonds. The lowest BCUT2D eigenvalue weighted by Gasteiger charge is -2.35. The summed E-state index contributed by atoms with van der Waals surface area (Å²) in [5.74, 6) is 0.382. The van der Waals surface area contributed by atoms with Gasteiger partial charge in [0.2, 0.25) is 0 Å². The second kappa shape index (κ2) is 7.41. The van der Waals surface area contributed by atoms with Gasteiger partial charge in [-0.3, -0.25) is 4.98 Å². The van der Waals surface area contributed by atoms with E-state index >= 15 is 0 Å². The van der Waals surface area contributed by atoms with Crippen LogP contribution < -0.4 is 4.90 Å². The summed E-state index contributed by atoms with van der Waals surface area (Å²) in [5.41, 5.74) is 1.97. The molecule has 3 aromatic rings. The predicted molar refractivity (Wildman–Crippen MR) is 102 cm³/mol. The van der Waals surface area contributed by atoms with Gasteiger partial charge in [-0.25, -0.2) is 18.7 Å². The number of aromatic nitrogens is 4. The van der Waals surface area contributed by atoms with Gasteiger partial charge >= 0.3 is 6.09 Å². The lowest BCUT2D eigenvalue weighted by atomic mass is 10.1. The zero-order valence-corrected chi connectivity index (χ0v) is 15.7. The Balaban J connectivity index is 1.54. The molecule has 146 valence electrons. The summed E-state index contributed by atoms with van der Waals surface area (Å²) >= 11 is 0. The number of hydrogen-bond acceptors (Lipinski definition) is 6. The van der Waals surface area contributed by atoms with Gasteiger partial charge in [-0.15, -0.1) is 0 Å². The van der Waals surface area contributed by atoms with Gasteiger partial charge in [0, 0.05) is 49.7 Å². The van der Waals surface area contributed by atoms with Gasteiger partial charge < -0.3 is 14.5 Å². The summed E-state index contributed by atoms with van der Waals surface area (Å²) < 4.78 is 20.5. The molecule has 0 unspecified atom stereocenters. The maximum atomic E-state index is 13.5. The summed E-state index contributed by atoms with van der Waals surface area (Å²) in [4.78, 5) is 24.5. The van der Waals surface area contributed by atoms with Gasteiger partial charge in [-0.1, -0.05) is 0 Å². The van der Waals surface area contributed by atoms with Crippen LogP contribution in [0.15, 0.2) is 36.9 Å². The number of nitrogens with zero attached hydrogens (tertiary/aromatic N) is 6. The largest absolute Gasteiger partial charge is 0.447 e. The molecule has 0 aromatic carbocycles. The minimum atomic E-state index is -0.405. The molecule has 0 saturated carbocycles. The fourth-order valence-corrected chi connectivity index (χ4v) is 3.19. The smallest absolute Gasteiger partial charge is 0.410 e.